The molecule has 10 heteroatoms. The molecule has 0 fully saturated rings. The van der Waals surface area contributed by atoms with Crippen LogP contribution < -0.4 is 10.1 Å². The van der Waals surface area contributed by atoms with Gasteiger partial charge in [0.15, 0.2) is 6.10 Å². The van der Waals surface area contributed by atoms with Crippen LogP contribution in [0, 0.1) is 0 Å². The third-order valence-corrected chi connectivity index (χ3v) is 1.97. The molecule has 108 valence electrons. The third kappa shape index (κ3) is 4.14. The Hall–Kier alpha value is -1.74. The standard InChI is InChI=1S/C9H9F6N3O/c1-4(8(10,11)12)19-6-3-5(16-2)17-7(18-6)9(13,14)15/h3-4H,1-2H3,(H,16,17,18). The van der Waals surface area contributed by atoms with Crippen molar-refractivity contribution in [1.82, 2.24) is 9.97 Å². The molecule has 0 saturated heterocycles. The highest BCUT2D eigenvalue weighted by Crippen LogP contribution is 2.30. The lowest BCUT2D eigenvalue weighted by Gasteiger charge is -2.18. The van der Waals surface area contributed by atoms with Crippen molar-refractivity contribution in [3.63, 3.8) is 0 Å². The highest BCUT2D eigenvalue weighted by atomic mass is 19.4. The van der Waals surface area contributed by atoms with Gasteiger partial charge in [0.1, 0.15) is 5.82 Å². The number of nitrogens with one attached hydrogen (secondary N) is 1. The van der Waals surface area contributed by atoms with Crippen molar-refractivity contribution in [3.05, 3.63) is 11.9 Å². The first kappa shape index (κ1) is 15.3. The molecule has 1 N–H and O–H groups in total. The maximum Gasteiger partial charge on any atom is 0.451 e. The molecule has 0 aliphatic carbocycles. The quantitative estimate of drug-likeness (QED) is 0.869. The third-order valence-electron chi connectivity index (χ3n) is 1.97. The fourth-order valence-electron chi connectivity index (χ4n) is 0.988. The lowest BCUT2D eigenvalue weighted by atomic mass is 10.4. The molecule has 0 aliphatic heterocycles. The Morgan fingerprint density at radius 2 is 1.74 bits per heavy atom. The normalized spacial score (nSPS) is 14.1. The van der Waals surface area contributed by atoms with E-state index in [1.165, 1.54) is 7.05 Å². The zero-order valence-electron chi connectivity index (χ0n) is 9.73. The number of nitrogens with zero attached hydrogens (tertiary/aromatic N) is 2. The zero-order valence-corrected chi connectivity index (χ0v) is 9.73. The summed E-state index contributed by atoms with van der Waals surface area (Å²) in [6.07, 6.45) is -11.9. The van der Waals surface area contributed by atoms with Gasteiger partial charge >= 0.3 is 12.4 Å². The van der Waals surface area contributed by atoms with E-state index < -0.39 is 30.2 Å². The molecule has 19 heavy (non-hydrogen) atoms. The largest absolute Gasteiger partial charge is 0.465 e. The van der Waals surface area contributed by atoms with Crippen LogP contribution >= 0.6 is 0 Å². The smallest absolute Gasteiger partial charge is 0.451 e. The number of hydrogen-bond donors (Lipinski definition) is 1. The zero-order chi connectivity index (χ0) is 14.8. The second-order valence-electron chi connectivity index (χ2n) is 3.46. The van der Waals surface area contributed by atoms with Crippen molar-refractivity contribution in [2.45, 2.75) is 25.4 Å². The monoisotopic (exact) mass is 289 g/mol. The molecule has 4 nitrogen and oxygen atoms in total. The molecule has 1 atom stereocenters. The average Bonchev–Trinajstić information content (AvgIpc) is 2.26. The molecule has 0 amide bonds. The maximum absolute atomic E-state index is 12.4. The Morgan fingerprint density at radius 3 is 2.16 bits per heavy atom. The van der Waals surface area contributed by atoms with Crippen LogP contribution in [-0.4, -0.2) is 29.3 Å². The van der Waals surface area contributed by atoms with Gasteiger partial charge in [0.05, 0.1) is 0 Å². The topological polar surface area (TPSA) is 47.0 Å². The summed E-state index contributed by atoms with van der Waals surface area (Å²) in [5, 5.41) is 2.28. The van der Waals surface area contributed by atoms with Crippen LogP contribution in [0.2, 0.25) is 0 Å². The van der Waals surface area contributed by atoms with Crippen LogP contribution in [0.25, 0.3) is 0 Å². The lowest BCUT2D eigenvalue weighted by molar-refractivity contribution is -0.190. The molecule has 0 aromatic carbocycles. The molecule has 1 heterocycles. The first-order valence-electron chi connectivity index (χ1n) is 4.91. The van der Waals surface area contributed by atoms with Crippen molar-refractivity contribution in [1.29, 1.82) is 0 Å². The van der Waals surface area contributed by atoms with E-state index in [9.17, 15) is 26.3 Å². The second-order valence-corrected chi connectivity index (χ2v) is 3.46. The van der Waals surface area contributed by atoms with Crippen molar-refractivity contribution in [2.75, 3.05) is 12.4 Å². The summed E-state index contributed by atoms with van der Waals surface area (Å²) in [5.74, 6) is -2.69. The number of rotatable bonds is 3. The fourth-order valence-corrected chi connectivity index (χ4v) is 0.988. The van der Waals surface area contributed by atoms with E-state index in [1.54, 1.807) is 0 Å². The molecule has 1 aromatic rings. The van der Waals surface area contributed by atoms with Gasteiger partial charge in [-0.05, 0) is 6.92 Å². The molecule has 0 aliphatic rings. The highest BCUT2D eigenvalue weighted by Gasteiger charge is 2.40. The van der Waals surface area contributed by atoms with Crippen LogP contribution in [0.5, 0.6) is 5.88 Å². The summed E-state index contributed by atoms with van der Waals surface area (Å²) in [7, 11) is 1.26. The van der Waals surface area contributed by atoms with Crippen LogP contribution in [-0.2, 0) is 6.18 Å². The molecular weight excluding hydrogens is 280 g/mol. The first-order valence-corrected chi connectivity index (χ1v) is 4.91. The highest BCUT2D eigenvalue weighted by molar-refractivity contribution is 5.38. The molecule has 0 spiro atoms. The number of ether oxygens (including phenoxy) is 1. The molecular formula is C9H9F6N3O. The van der Waals surface area contributed by atoms with Crippen LogP contribution in [0.3, 0.4) is 0 Å². The molecule has 0 bridgehead atoms. The molecule has 1 unspecified atom stereocenters. The molecule has 0 saturated carbocycles. The summed E-state index contributed by atoms with van der Waals surface area (Å²) in [6, 6.07) is 0.845. The predicted molar refractivity (Wildman–Crippen MR) is 52.7 cm³/mol. The van der Waals surface area contributed by atoms with Gasteiger partial charge in [-0.25, -0.2) is 4.98 Å². The number of aromatic nitrogens is 2. The van der Waals surface area contributed by atoms with Gasteiger partial charge < -0.3 is 10.1 Å². The van der Waals surface area contributed by atoms with E-state index in [4.69, 9.17) is 0 Å². The van der Waals surface area contributed by atoms with Gasteiger partial charge in [0, 0.05) is 13.1 Å². The van der Waals surface area contributed by atoms with E-state index in [-0.39, 0.29) is 5.82 Å². The minimum atomic E-state index is -4.88. The number of hydrogen-bond acceptors (Lipinski definition) is 4. The van der Waals surface area contributed by atoms with Gasteiger partial charge in [-0.2, -0.15) is 31.3 Å². The van der Waals surface area contributed by atoms with E-state index in [0.29, 0.717) is 6.92 Å². The Balaban J connectivity index is 3.08. The van der Waals surface area contributed by atoms with Crippen LogP contribution in [0.1, 0.15) is 12.7 Å². The van der Waals surface area contributed by atoms with E-state index in [0.717, 1.165) is 6.07 Å². The van der Waals surface area contributed by atoms with E-state index >= 15 is 0 Å². The second kappa shape index (κ2) is 5.10. The summed E-state index contributed by atoms with van der Waals surface area (Å²) >= 11 is 0. The van der Waals surface area contributed by atoms with E-state index in [2.05, 4.69) is 20.0 Å². The first-order chi connectivity index (χ1) is 8.54. The minimum absolute atomic E-state index is 0.299. The molecule has 0 radical (unpaired) electrons. The van der Waals surface area contributed by atoms with Crippen molar-refractivity contribution < 1.29 is 31.1 Å². The van der Waals surface area contributed by atoms with Crippen molar-refractivity contribution in [3.8, 4) is 5.88 Å². The Bertz CT molecular complexity index is 445. The fraction of sp³-hybridized carbons (Fsp3) is 0.556. The van der Waals surface area contributed by atoms with Gasteiger partial charge in [-0.15, -0.1) is 0 Å². The van der Waals surface area contributed by atoms with E-state index in [1.807, 2.05) is 0 Å². The summed E-state index contributed by atoms with van der Waals surface area (Å²) in [4.78, 5) is 5.99. The number of alkyl halides is 6. The lowest BCUT2D eigenvalue weighted by Crippen LogP contribution is -2.31. The summed E-state index contributed by atoms with van der Waals surface area (Å²) in [5.41, 5.74) is 0. The Morgan fingerprint density at radius 1 is 1.16 bits per heavy atom. The van der Waals surface area contributed by atoms with Crippen molar-refractivity contribution >= 4 is 5.82 Å². The van der Waals surface area contributed by atoms with Gasteiger partial charge in [-0.3, -0.25) is 0 Å². The van der Waals surface area contributed by atoms with Gasteiger partial charge in [0.25, 0.3) is 0 Å². The molecule has 1 aromatic heterocycles. The molecule has 1 rings (SSSR count). The van der Waals surface area contributed by atoms with Crippen LogP contribution in [0.15, 0.2) is 6.07 Å². The summed E-state index contributed by atoms with van der Waals surface area (Å²) in [6.45, 7) is 0.661. The number of halogens is 6. The maximum atomic E-state index is 12.4. The predicted octanol–water partition coefficient (Wildman–Crippen LogP) is 2.87. The Kier molecular flexibility index (Phi) is 4.11. The SMILES string of the molecule is CNc1cc(OC(C)C(F)(F)F)nc(C(F)(F)F)n1. The minimum Gasteiger partial charge on any atom is -0.465 e. The van der Waals surface area contributed by atoms with Gasteiger partial charge in [-0.1, -0.05) is 0 Å². The van der Waals surface area contributed by atoms with Crippen LogP contribution in [0.4, 0.5) is 32.2 Å². The summed E-state index contributed by atoms with van der Waals surface area (Å²) < 4.78 is 78.4. The van der Waals surface area contributed by atoms with Crippen molar-refractivity contribution in [2.24, 2.45) is 0 Å². The average molecular weight is 289 g/mol. The number of anilines is 1. The van der Waals surface area contributed by atoms with Gasteiger partial charge in [0.2, 0.25) is 11.7 Å². The Labute approximate surface area is 103 Å².